The van der Waals surface area contributed by atoms with Crippen molar-refractivity contribution in [1.82, 2.24) is 14.7 Å². The molecule has 2 N–H and O–H groups in total. The quantitative estimate of drug-likeness (QED) is 0.276. The minimum Gasteiger partial charge on any atom is -0.488 e. The summed E-state index contributed by atoms with van der Waals surface area (Å²) in [7, 11) is 2.10. The zero-order valence-corrected chi connectivity index (χ0v) is 25.0. The summed E-state index contributed by atoms with van der Waals surface area (Å²) in [6.45, 7) is 11.0. The fourth-order valence-corrected chi connectivity index (χ4v) is 6.28. The van der Waals surface area contributed by atoms with E-state index in [0.717, 1.165) is 32.0 Å². The number of likely N-dealkylation sites (tertiary alicyclic amines) is 1. The number of nitrogens with zero attached hydrogens (tertiary/aromatic N) is 3. The van der Waals surface area contributed by atoms with Crippen molar-refractivity contribution in [3.8, 4) is 16.9 Å². The molecule has 0 aliphatic carbocycles. The van der Waals surface area contributed by atoms with E-state index in [2.05, 4.69) is 23.8 Å². The fourth-order valence-electron chi connectivity index (χ4n) is 5.98. The lowest BCUT2D eigenvalue weighted by atomic mass is 9.96. The van der Waals surface area contributed by atoms with Crippen LogP contribution >= 0.6 is 11.6 Å². The van der Waals surface area contributed by atoms with Crippen LogP contribution in [0.3, 0.4) is 0 Å². The van der Waals surface area contributed by atoms with Gasteiger partial charge in [-0.05, 0) is 58.0 Å². The molecular formula is C31H38ClF2N5O3. The van der Waals surface area contributed by atoms with Crippen molar-refractivity contribution in [3.63, 3.8) is 0 Å². The number of benzene rings is 2. The largest absolute Gasteiger partial charge is 0.488 e. The Morgan fingerprint density at radius 1 is 1.19 bits per heavy atom. The Morgan fingerprint density at radius 3 is 2.57 bits per heavy atom. The highest BCUT2D eigenvalue weighted by Crippen LogP contribution is 2.47. The first-order chi connectivity index (χ1) is 20.1. The van der Waals surface area contributed by atoms with Crippen LogP contribution in [0.1, 0.15) is 32.3 Å². The molecule has 2 saturated heterocycles. The molecule has 3 aliphatic rings. The minimum atomic E-state index is -0.760. The van der Waals surface area contributed by atoms with Gasteiger partial charge in [0.05, 0.1) is 29.5 Å². The number of nitrogens with one attached hydrogen (secondary N) is 2. The highest BCUT2D eigenvalue weighted by molar-refractivity contribution is 6.34. The molecule has 226 valence electrons. The van der Waals surface area contributed by atoms with E-state index in [-0.39, 0.29) is 53.2 Å². The topological polar surface area (TPSA) is 81.1 Å². The van der Waals surface area contributed by atoms with Gasteiger partial charge in [-0.15, -0.1) is 0 Å². The molecule has 0 radical (unpaired) electrons. The lowest BCUT2D eigenvalue weighted by Gasteiger charge is -2.45. The lowest BCUT2D eigenvalue weighted by Crippen LogP contribution is -2.59. The molecule has 0 unspecified atom stereocenters. The Balaban J connectivity index is 1.48. The van der Waals surface area contributed by atoms with Crippen molar-refractivity contribution in [3.05, 3.63) is 59.1 Å². The number of hydrogen-bond donors (Lipinski definition) is 2. The summed E-state index contributed by atoms with van der Waals surface area (Å²) in [6, 6.07) is 4.45. The zero-order chi connectivity index (χ0) is 30.1. The number of halogens is 3. The molecule has 3 atom stereocenters. The number of fused-ring (bicyclic) bond motifs is 1. The van der Waals surface area contributed by atoms with E-state index in [1.54, 1.807) is 11.0 Å². The summed E-state index contributed by atoms with van der Waals surface area (Å²) < 4.78 is 41.3. The molecule has 0 aromatic heterocycles. The molecule has 1 amide bonds. The van der Waals surface area contributed by atoms with Gasteiger partial charge in [-0.2, -0.15) is 0 Å². The number of amides is 1. The van der Waals surface area contributed by atoms with E-state index in [4.69, 9.17) is 21.1 Å². The SMILES string of the molecule is C=CC(=O)N1C[C@H](C)N(C(=N)c2cc(Cl)c(-c3ccc(F)cc3F)c3c2N[C@H](COC2CCN(C)CC2)CO3)C[C@H]1C. The second-order valence-corrected chi connectivity index (χ2v) is 11.9. The van der Waals surface area contributed by atoms with Crippen LogP contribution < -0.4 is 10.1 Å². The van der Waals surface area contributed by atoms with Gasteiger partial charge in [0.15, 0.2) is 5.75 Å². The van der Waals surface area contributed by atoms with Gasteiger partial charge in [0.2, 0.25) is 5.91 Å². The second-order valence-electron chi connectivity index (χ2n) is 11.5. The van der Waals surface area contributed by atoms with Crippen molar-refractivity contribution < 1.29 is 23.0 Å². The molecule has 11 heteroatoms. The molecular weight excluding hydrogens is 564 g/mol. The van der Waals surface area contributed by atoms with Gasteiger partial charge in [0.25, 0.3) is 0 Å². The number of ether oxygens (including phenoxy) is 2. The van der Waals surface area contributed by atoms with Gasteiger partial charge in [0.1, 0.15) is 24.1 Å². The third-order valence-corrected chi connectivity index (χ3v) is 8.69. The summed E-state index contributed by atoms with van der Waals surface area (Å²) in [6.07, 6.45) is 3.38. The van der Waals surface area contributed by atoms with Crippen LogP contribution in [0.2, 0.25) is 5.02 Å². The number of rotatable bonds is 6. The summed E-state index contributed by atoms with van der Waals surface area (Å²) in [5.74, 6) is -1.08. The molecule has 2 aromatic carbocycles. The number of piperidine rings is 1. The molecule has 42 heavy (non-hydrogen) atoms. The van der Waals surface area contributed by atoms with Crippen LogP contribution in [-0.2, 0) is 9.53 Å². The van der Waals surface area contributed by atoms with Crippen LogP contribution in [-0.4, -0.2) is 97.1 Å². The maximum atomic E-state index is 15.0. The fraction of sp³-hybridized carbons (Fsp3) is 0.484. The molecule has 2 aromatic rings. The van der Waals surface area contributed by atoms with Crippen LogP contribution in [0.4, 0.5) is 14.5 Å². The molecule has 0 saturated carbocycles. The monoisotopic (exact) mass is 601 g/mol. The Bertz CT molecular complexity index is 1370. The lowest BCUT2D eigenvalue weighted by molar-refractivity contribution is -0.130. The maximum Gasteiger partial charge on any atom is 0.246 e. The van der Waals surface area contributed by atoms with Gasteiger partial charge in [0, 0.05) is 61.0 Å². The van der Waals surface area contributed by atoms with Crippen LogP contribution in [0.5, 0.6) is 5.75 Å². The smallest absolute Gasteiger partial charge is 0.246 e. The summed E-state index contributed by atoms with van der Waals surface area (Å²) in [5, 5.41) is 13.0. The van der Waals surface area contributed by atoms with E-state index in [0.29, 0.717) is 42.3 Å². The van der Waals surface area contributed by atoms with Crippen molar-refractivity contribution in [2.75, 3.05) is 51.8 Å². The average molecular weight is 602 g/mol. The number of piperazine rings is 1. The maximum absolute atomic E-state index is 15.0. The first kappa shape index (κ1) is 30.3. The van der Waals surface area contributed by atoms with E-state index < -0.39 is 11.6 Å². The Morgan fingerprint density at radius 2 is 1.88 bits per heavy atom. The number of hydrogen-bond acceptors (Lipinski definition) is 6. The van der Waals surface area contributed by atoms with Crippen molar-refractivity contribution >= 4 is 29.0 Å². The van der Waals surface area contributed by atoms with Gasteiger partial charge >= 0.3 is 0 Å². The predicted molar refractivity (Wildman–Crippen MR) is 161 cm³/mol. The average Bonchev–Trinajstić information content (AvgIpc) is 2.97. The van der Waals surface area contributed by atoms with Crippen LogP contribution in [0.25, 0.3) is 11.1 Å². The highest BCUT2D eigenvalue weighted by Gasteiger charge is 2.36. The third-order valence-electron chi connectivity index (χ3n) is 8.40. The zero-order valence-electron chi connectivity index (χ0n) is 24.3. The molecule has 3 heterocycles. The molecule has 0 spiro atoms. The third kappa shape index (κ3) is 6.11. The van der Waals surface area contributed by atoms with E-state index in [1.165, 1.54) is 18.2 Å². The predicted octanol–water partition coefficient (Wildman–Crippen LogP) is 5.00. The van der Waals surface area contributed by atoms with Crippen molar-refractivity contribution in [2.24, 2.45) is 0 Å². The van der Waals surface area contributed by atoms with Gasteiger partial charge < -0.3 is 29.5 Å². The van der Waals surface area contributed by atoms with Gasteiger partial charge in [-0.3, -0.25) is 10.2 Å². The summed E-state index contributed by atoms with van der Waals surface area (Å²) in [4.78, 5) is 18.3. The summed E-state index contributed by atoms with van der Waals surface area (Å²) >= 11 is 6.78. The minimum absolute atomic E-state index is 0.108. The molecule has 3 aliphatic heterocycles. The number of amidine groups is 1. The number of carbonyl (C=O) groups excluding carboxylic acids is 1. The number of carbonyl (C=O) groups is 1. The van der Waals surface area contributed by atoms with Gasteiger partial charge in [-0.1, -0.05) is 18.2 Å². The van der Waals surface area contributed by atoms with Gasteiger partial charge in [-0.25, -0.2) is 8.78 Å². The normalized spacial score (nSPS) is 23.1. The molecule has 5 rings (SSSR count). The highest BCUT2D eigenvalue weighted by atomic mass is 35.5. The van der Waals surface area contributed by atoms with Crippen LogP contribution in [0.15, 0.2) is 36.9 Å². The Kier molecular flexibility index (Phi) is 9.05. The van der Waals surface area contributed by atoms with E-state index >= 15 is 4.39 Å². The molecule has 2 fully saturated rings. The van der Waals surface area contributed by atoms with E-state index in [9.17, 15) is 14.6 Å². The Labute approximate surface area is 250 Å². The summed E-state index contributed by atoms with van der Waals surface area (Å²) in [5.41, 5.74) is 1.41. The standard InChI is InChI=1S/C31H38ClF2N5O3/c1-5-27(40)38-14-19(3)39(15-18(38)2)31(35)24-13-25(32)28(23-7-6-20(33)12-26(23)34)30-29(24)36-21(17-42-30)16-41-22-8-10-37(4)11-9-22/h5-7,12-13,18-19,21-22,35-36H,1,8-11,14-17H2,2-4H3/t18-,19+,21-/m1/s1. The number of anilines is 1. The second kappa shape index (κ2) is 12.6. The van der Waals surface area contributed by atoms with E-state index in [1.807, 2.05) is 18.7 Å². The van der Waals surface area contributed by atoms with Crippen molar-refractivity contribution in [2.45, 2.75) is 50.9 Å². The van der Waals surface area contributed by atoms with Crippen molar-refractivity contribution in [1.29, 1.82) is 5.41 Å². The Hall–Kier alpha value is -3.21. The first-order valence-electron chi connectivity index (χ1n) is 14.4. The first-order valence-corrected chi connectivity index (χ1v) is 14.7. The van der Waals surface area contributed by atoms with Crippen LogP contribution in [0, 0.1) is 17.0 Å². The molecule has 8 nitrogen and oxygen atoms in total. The molecule has 0 bridgehead atoms.